The van der Waals surface area contributed by atoms with Crippen molar-refractivity contribution >= 4 is 23.5 Å². The molecule has 1 saturated heterocycles. The van der Waals surface area contributed by atoms with Gasteiger partial charge in [-0.3, -0.25) is 9.69 Å². The molecule has 4 rings (SSSR count). The molecule has 0 saturated carbocycles. The van der Waals surface area contributed by atoms with Gasteiger partial charge in [-0.15, -0.1) is 0 Å². The summed E-state index contributed by atoms with van der Waals surface area (Å²) in [6.45, 7) is 13.1. The van der Waals surface area contributed by atoms with Crippen LogP contribution in [-0.4, -0.2) is 84.4 Å². The average Bonchev–Trinajstić information content (AvgIpc) is 3.23. The van der Waals surface area contributed by atoms with Crippen LogP contribution in [0.25, 0.3) is 0 Å². The Morgan fingerprint density at radius 2 is 1.88 bits per heavy atom. The van der Waals surface area contributed by atoms with E-state index in [1.54, 1.807) is 35.2 Å². The average molecular weight is 567 g/mol. The first kappa shape index (κ1) is 30.5. The van der Waals surface area contributed by atoms with Gasteiger partial charge in [0.2, 0.25) is 0 Å². The molecule has 1 fully saturated rings. The Balaban J connectivity index is 1.59. The predicted octanol–water partition coefficient (Wildman–Crippen LogP) is 4.98. The minimum Gasteiger partial charge on any atom is -0.444 e. The van der Waals surface area contributed by atoms with Crippen LogP contribution >= 0.6 is 0 Å². The number of piperidine rings is 1. The molecule has 2 aliphatic heterocycles. The zero-order valence-corrected chi connectivity index (χ0v) is 25.2. The van der Waals surface area contributed by atoms with Gasteiger partial charge in [0, 0.05) is 37.5 Å². The number of hydrogen-bond acceptors (Lipinski definition) is 8. The molecule has 10 heteroatoms. The molecular weight excluding hydrogens is 524 g/mol. The Kier molecular flexibility index (Phi) is 9.34. The number of ether oxygens (including phenoxy) is 3. The molecule has 10 nitrogen and oxygen atoms in total. The quantitative estimate of drug-likeness (QED) is 0.415. The number of anilines is 1. The van der Waals surface area contributed by atoms with Crippen LogP contribution in [0.2, 0.25) is 0 Å². The molecule has 1 aromatic carbocycles. The first-order valence-corrected chi connectivity index (χ1v) is 14.1. The summed E-state index contributed by atoms with van der Waals surface area (Å²) in [5.74, 6) is 0.395. The van der Waals surface area contributed by atoms with Crippen LogP contribution < -0.4 is 4.90 Å². The number of methoxy groups -OCH3 is 1. The Hall–Kier alpha value is -3.50. The summed E-state index contributed by atoms with van der Waals surface area (Å²) in [5, 5.41) is 4.31. The van der Waals surface area contributed by atoms with Crippen molar-refractivity contribution in [1.29, 1.82) is 0 Å². The number of benzene rings is 1. The number of hydrogen-bond donors (Lipinski definition) is 0. The lowest BCUT2D eigenvalue weighted by Gasteiger charge is -2.39. The Bertz CT molecular complexity index is 1250. The van der Waals surface area contributed by atoms with Gasteiger partial charge in [0.15, 0.2) is 5.60 Å². The van der Waals surface area contributed by atoms with Crippen molar-refractivity contribution in [3.63, 3.8) is 0 Å². The van der Waals surface area contributed by atoms with E-state index in [4.69, 9.17) is 19.0 Å². The third-order valence-electron chi connectivity index (χ3n) is 7.10. The fourth-order valence-corrected chi connectivity index (χ4v) is 5.07. The fourth-order valence-electron chi connectivity index (χ4n) is 5.07. The summed E-state index contributed by atoms with van der Waals surface area (Å²) in [7, 11) is 1.63. The van der Waals surface area contributed by atoms with Crippen LogP contribution in [0, 0.1) is 6.92 Å². The van der Waals surface area contributed by atoms with Gasteiger partial charge in [-0.05, 0) is 78.1 Å². The lowest BCUT2D eigenvalue weighted by atomic mass is 9.93. The largest absolute Gasteiger partial charge is 0.444 e. The van der Waals surface area contributed by atoms with E-state index in [2.05, 4.69) is 10.1 Å². The lowest BCUT2D eigenvalue weighted by molar-refractivity contribution is -0.0809. The van der Waals surface area contributed by atoms with Crippen LogP contribution in [0.3, 0.4) is 0 Å². The number of oxime groups is 1. The molecule has 0 spiro atoms. The molecule has 3 heterocycles. The molecular formula is C31H42N4O6. The van der Waals surface area contributed by atoms with Gasteiger partial charge in [0.05, 0.1) is 19.3 Å². The molecule has 222 valence electrons. The van der Waals surface area contributed by atoms with Gasteiger partial charge in [0.25, 0.3) is 5.91 Å². The molecule has 0 bridgehead atoms. The van der Waals surface area contributed by atoms with E-state index >= 15 is 0 Å². The molecule has 2 amide bonds. The number of likely N-dealkylation sites (tertiary alicyclic amines) is 1. The van der Waals surface area contributed by atoms with Crippen molar-refractivity contribution in [3.05, 3.63) is 59.3 Å². The number of aryl methyl sites for hydroxylation is 1. The van der Waals surface area contributed by atoms with Gasteiger partial charge in [-0.25, -0.2) is 9.78 Å². The predicted molar refractivity (Wildman–Crippen MR) is 156 cm³/mol. The molecule has 2 aliphatic rings. The Morgan fingerprint density at radius 1 is 1.15 bits per heavy atom. The smallest absolute Gasteiger partial charge is 0.410 e. The zero-order chi connectivity index (χ0) is 29.8. The van der Waals surface area contributed by atoms with Crippen molar-refractivity contribution in [1.82, 2.24) is 9.88 Å². The highest BCUT2D eigenvalue weighted by molar-refractivity contribution is 6.08. The van der Waals surface area contributed by atoms with E-state index in [0.717, 1.165) is 24.0 Å². The standard InChI is InChI=1S/C31H42N4O6/c1-21-10-8-16-32-27(21)35(24-11-9-17-34(20-24)29(37)40-30(2,3)4)28(36)23-14-12-22(13-15-23)25-26(39-19-18-38-7)31(5,6)41-33-25/h8,10,12-16,24,26H,9,11,17-20H2,1-7H3/t24-,26?/m1/s1. The van der Waals surface area contributed by atoms with Gasteiger partial charge in [-0.1, -0.05) is 23.4 Å². The molecule has 2 aromatic rings. The number of carbonyl (C=O) groups excluding carboxylic acids is 2. The summed E-state index contributed by atoms with van der Waals surface area (Å²) < 4.78 is 16.8. The summed E-state index contributed by atoms with van der Waals surface area (Å²) >= 11 is 0. The van der Waals surface area contributed by atoms with E-state index in [-0.39, 0.29) is 24.1 Å². The molecule has 1 unspecified atom stereocenters. The van der Waals surface area contributed by atoms with Crippen LogP contribution in [0.1, 0.15) is 68.9 Å². The third kappa shape index (κ3) is 7.23. The number of pyridine rings is 1. The van der Waals surface area contributed by atoms with E-state index in [9.17, 15) is 9.59 Å². The highest BCUT2D eigenvalue weighted by Crippen LogP contribution is 2.31. The van der Waals surface area contributed by atoms with E-state index in [0.29, 0.717) is 43.4 Å². The highest BCUT2D eigenvalue weighted by Gasteiger charge is 2.43. The maximum atomic E-state index is 14.1. The number of rotatable bonds is 8. The molecule has 0 N–H and O–H groups in total. The SMILES string of the molecule is COCCOC1C(c2ccc(C(=O)N(c3ncccc3C)[C@@H]3CCCN(C(=O)OC(C)(C)C)C3)cc2)=NOC1(C)C. The zero-order valence-electron chi connectivity index (χ0n) is 25.2. The van der Waals surface area contributed by atoms with E-state index < -0.39 is 11.2 Å². The second kappa shape index (κ2) is 12.6. The number of carbonyl (C=O) groups is 2. The Morgan fingerprint density at radius 3 is 2.54 bits per heavy atom. The maximum absolute atomic E-state index is 14.1. The van der Waals surface area contributed by atoms with Crippen LogP contribution in [0.15, 0.2) is 47.8 Å². The van der Waals surface area contributed by atoms with Crippen LogP contribution in [0.4, 0.5) is 10.6 Å². The van der Waals surface area contributed by atoms with E-state index in [1.165, 1.54) is 0 Å². The molecule has 0 aliphatic carbocycles. The van der Waals surface area contributed by atoms with Gasteiger partial charge in [0.1, 0.15) is 23.2 Å². The summed E-state index contributed by atoms with van der Waals surface area (Å²) in [6.07, 6.45) is 2.42. The van der Waals surface area contributed by atoms with E-state index in [1.807, 2.05) is 65.8 Å². The fraction of sp³-hybridized carbons (Fsp3) is 0.548. The second-order valence-corrected chi connectivity index (χ2v) is 12.0. The minimum atomic E-state index is -0.633. The summed E-state index contributed by atoms with van der Waals surface area (Å²) in [6, 6.07) is 10.8. The maximum Gasteiger partial charge on any atom is 0.410 e. The minimum absolute atomic E-state index is 0.188. The summed E-state index contributed by atoms with van der Waals surface area (Å²) in [4.78, 5) is 40.7. The van der Waals surface area contributed by atoms with Gasteiger partial charge < -0.3 is 23.9 Å². The third-order valence-corrected chi connectivity index (χ3v) is 7.10. The second-order valence-electron chi connectivity index (χ2n) is 12.0. The molecule has 2 atom stereocenters. The number of amides is 2. The van der Waals surface area contributed by atoms with Gasteiger partial charge >= 0.3 is 6.09 Å². The summed E-state index contributed by atoms with van der Waals surface area (Å²) in [5.41, 5.74) is 1.63. The Labute approximate surface area is 242 Å². The number of aromatic nitrogens is 1. The van der Waals surface area contributed by atoms with Crippen molar-refractivity contribution in [2.24, 2.45) is 5.16 Å². The molecule has 0 radical (unpaired) electrons. The van der Waals surface area contributed by atoms with Crippen molar-refractivity contribution in [2.75, 3.05) is 38.3 Å². The van der Waals surface area contributed by atoms with Crippen LogP contribution in [0.5, 0.6) is 0 Å². The molecule has 1 aromatic heterocycles. The van der Waals surface area contributed by atoms with Crippen molar-refractivity contribution in [2.45, 2.75) is 77.7 Å². The van der Waals surface area contributed by atoms with Crippen molar-refractivity contribution < 1.29 is 28.6 Å². The van der Waals surface area contributed by atoms with Crippen LogP contribution in [-0.2, 0) is 19.0 Å². The van der Waals surface area contributed by atoms with Gasteiger partial charge in [-0.2, -0.15) is 0 Å². The highest BCUT2D eigenvalue weighted by atomic mass is 16.7. The number of nitrogens with zero attached hydrogens (tertiary/aromatic N) is 4. The topological polar surface area (TPSA) is 103 Å². The monoisotopic (exact) mass is 566 g/mol. The molecule has 41 heavy (non-hydrogen) atoms. The first-order chi connectivity index (χ1) is 19.4. The van der Waals surface area contributed by atoms with Crippen molar-refractivity contribution in [3.8, 4) is 0 Å². The normalized spacial score (nSPS) is 20.3. The lowest BCUT2D eigenvalue weighted by Crippen LogP contribution is -2.53. The first-order valence-electron chi connectivity index (χ1n) is 14.1.